The summed E-state index contributed by atoms with van der Waals surface area (Å²) < 4.78 is 0. The summed E-state index contributed by atoms with van der Waals surface area (Å²) in [5.74, 6) is 3.44. The van der Waals surface area contributed by atoms with E-state index >= 15 is 0 Å². The molecule has 1 heteroatoms. The van der Waals surface area contributed by atoms with Gasteiger partial charge in [0, 0.05) is 17.3 Å². The highest BCUT2D eigenvalue weighted by atomic mass is 14.9. The normalized spacial score (nSPS) is 24.8. The molecule has 78 valence electrons. The monoisotopic (exact) mass is 199 g/mol. The van der Waals surface area contributed by atoms with Crippen molar-refractivity contribution in [2.75, 3.05) is 5.32 Å². The van der Waals surface area contributed by atoms with Crippen LogP contribution in [0.3, 0.4) is 0 Å². The molecule has 0 unspecified atom stereocenters. The summed E-state index contributed by atoms with van der Waals surface area (Å²) in [5, 5.41) is 3.57. The Labute approximate surface area is 91.9 Å². The van der Waals surface area contributed by atoms with Gasteiger partial charge in [0.1, 0.15) is 0 Å². The van der Waals surface area contributed by atoms with Crippen LogP contribution in [0.5, 0.6) is 0 Å². The van der Waals surface area contributed by atoms with Crippen molar-refractivity contribution in [1.82, 2.24) is 0 Å². The molecule has 0 radical (unpaired) electrons. The maximum absolute atomic E-state index is 5.38. The van der Waals surface area contributed by atoms with Gasteiger partial charge in [-0.3, -0.25) is 0 Å². The van der Waals surface area contributed by atoms with Crippen molar-refractivity contribution in [2.24, 2.45) is 5.92 Å². The molecular formula is C14H17N. The molecule has 15 heavy (non-hydrogen) atoms. The molecule has 1 saturated carbocycles. The first-order valence-corrected chi connectivity index (χ1v) is 5.63. The van der Waals surface area contributed by atoms with E-state index in [9.17, 15) is 0 Å². The van der Waals surface area contributed by atoms with Crippen LogP contribution in [-0.4, -0.2) is 6.04 Å². The average Bonchev–Trinajstić information content (AvgIpc) is 2.65. The zero-order chi connectivity index (χ0) is 10.7. The number of benzene rings is 1. The van der Waals surface area contributed by atoms with Crippen LogP contribution in [-0.2, 0) is 0 Å². The highest BCUT2D eigenvalue weighted by Gasteiger charge is 2.22. The average molecular weight is 199 g/mol. The third-order valence-electron chi connectivity index (χ3n) is 3.24. The highest BCUT2D eigenvalue weighted by molar-refractivity contribution is 5.50. The summed E-state index contributed by atoms with van der Waals surface area (Å²) in [6.07, 6.45) is 9.34. The van der Waals surface area contributed by atoms with Gasteiger partial charge in [-0.15, -0.1) is 6.42 Å². The Morgan fingerprint density at radius 1 is 1.40 bits per heavy atom. The molecule has 1 aromatic rings. The largest absolute Gasteiger partial charge is 0.382 e. The minimum absolute atomic E-state index is 0.623. The standard InChI is InChI=1S/C14H17N/c1-3-12-7-5-8-13(10-12)15-14-9-4-6-11(14)2/h1,5,7-8,10-11,14-15H,4,6,9H2,2H3/t11-,14+/m0/s1. The SMILES string of the molecule is C#Cc1cccc(N[C@@H]2CCC[C@@H]2C)c1. The second-order valence-corrected chi connectivity index (χ2v) is 4.38. The molecular weight excluding hydrogens is 182 g/mol. The summed E-state index contributed by atoms with van der Waals surface area (Å²) in [6.45, 7) is 2.32. The third-order valence-corrected chi connectivity index (χ3v) is 3.24. The molecule has 1 nitrogen and oxygen atoms in total. The van der Waals surface area contributed by atoms with Crippen LogP contribution in [0.25, 0.3) is 0 Å². The quantitative estimate of drug-likeness (QED) is 0.721. The second-order valence-electron chi connectivity index (χ2n) is 4.38. The van der Waals surface area contributed by atoms with Crippen LogP contribution < -0.4 is 5.32 Å². The lowest BCUT2D eigenvalue weighted by atomic mass is 10.1. The van der Waals surface area contributed by atoms with Crippen LogP contribution in [0.2, 0.25) is 0 Å². The van der Waals surface area contributed by atoms with Gasteiger partial charge in [0.2, 0.25) is 0 Å². The van der Waals surface area contributed by atoms with E-state index in [0.717, 1.165) is 17.2 Å². The maximum atomic E-state index is 5.38. The van der Waals surface area contributed by atoms with E-state index in [4.69, 9.17) is 6.42 Å². The molecule has 0 bridgehead atoms. The van der Waals surface area contributed by atoms with E-state index in [0.29, 0.717) is 6.04 Å². The van der Waals surface area contributed by atoms with Crippen molar-refractivity contribution >= 4 is 5.69 Å². The molecule has 0 heterocycles. The Balaban J connectivity index is 2.07. The summed E-state index contributed by atoms with van der Waals surface area (Å²) in [4.78, 5) is 0. The number of hydrogen-bond acceptors (Lipinski definition) is 1. The number of anilines is 1. The van der Waals surface area contributed by atoms with Gasteiger partial charge in [0.25, 0.3) is 0 Å². The van der Waals surface area contributed by atoms with Gasteiger partial charge < -0.3 is 5.32 Å². The van der Waals surface area contributed by atoms with Crippen LogP contribution in [0.15, 0.2) is 24.3 Å². The van der Waals surface area contributed by atoms with Crippen LogP contribution in [0.4, 0.5) is 5.69 Å². The Kier molecular flexibility index (Phi) is 2.97. The maximum Gasteiger partial charge on any atom is 0.0354 e. The first-order chi connectivity index (χ1) is 7.29. The number of rotatable bonds is 2. The molecule has 0 aromatic heterocycles. The van der Waals surface area contributed by atoms with E-state index in [1.165, 1.54) is 19.3 Å². The Morgan fingerprint density at radius 2 is 2.27 bits per heavy atom. The first kappa shape index (κ1) is 10.1. The molecule has 1 fully saturated rings. The van der Waals surface area contributed by atoms with Crippen molar-refractivity contribution in [2.45, 2.75) is 32.2 Å². The van der Waals surface area contributed by atoms with Crippen molar-refractivity contribution in [3.05, 3.63) is 29.8 Å². The van der Waals surface area contributed by atoms with Gasteiger partial charge >= 0.3 is 0 Å². The predicted molar refractivity (Wildman–Crippen MR) is 64.8 cm³/mol. The van der Waals surface area contributed by atoms with Gasteiger partial charge in [-0.1, -0.05) is 25.3 Å². The van der Waals surface area contributed by atoms with Gasteiger partial charge in [-0.2, -0.15) is 0 Å². The number of terminal acetylenes is 1. The van der Waals surface area contributed by atoms with Crippen molar-refractivity contribution in [3.63, 3.8) is 0 Å². The third kappa shape index (κ3) is 2.33. The van der Waals surface area contributed by atoms with E-state index < -0.39 is 0 Å². The molecule has 0 aliphatic heterocycles. The lowest BCUT2D eigenvalue weighted by Gasteiger charge is -2.18. The Hall–Kier alpha value is -1.42. The van der Waals surface area contributed by atoms with E-state index in [1.807, 2.05) is 18.2 Å². The first-order valence-electron chi connectivity index (χ1n) is 5.63. The highest BCUT2D eigenvalue weighted by Crippen LogP contribution is 2.28. The molecule has 2 atom stereocenters. The zero-order valence-electron chi connectivity index (χ0n) is 9.16. The van der Waals surface area contributed by atoms with E-state index in [-0.39, 0.29) is 0 Å². The topological polar surface area (TPSA) is 12.0 Å². The molecule has 0 spiro atoms. The van der Waals surface area contributed by atoms with E-state index in [2.05, 4.69) is 24.2 Å². The summed E-state index contributed by atoms with van der Waals surface area (Å²) in [6, 6.07) is 8.73. The van der Waals surface area contributed by atoms with Gasteiger partial charge in [0.05, 0.1) is 0 Å². The predicted octanol–water partition coefficient (Wildman–Crippen LogP) is 3.27. The van der Waals surface area contributed by atoms with Gasteiger partial charge in [0.15, 0.2) is 0 Å². The smallest absolute Gasteiger partial charge is 0.0354 e. The minimum Gasteiger partial charge on any atom is -0.382 e. The lowest BCUT2D eigenvalue weighted by molar-refractivity contribution is 0.556. The molecule has 1 N–H and O–H groups in total. The molecule has 1 aliphatic rings. The lowest BCUT2D eigenvalue weighted by Crippen LogP contribution is -2.21. The summed E-state index contributed by atoms with van der Waals surface area (Å²) in [7, 11) is 0. The fourth-order valence-electron chi connectivity index (χ4n) is 2.27. The molecule has 0 amide bonds. The van der Waals surface area contributed by atoms with Gasteiger partial charge in [-0.25, -0.2) is 0 Å². The Morgan fingerprint density at radius 3 is 2.93 bits per heavy atom. The molecule has 0 saturated heterocycles. The van der Waals surface area contributed by atoms with Gasteiger partial charge in [-0.05, 0) is 37.0 Å². The second kappa shape index (κ2) is 4.40. The van der Waals surface area contributed by atoms with Crippen molar-refractivity contribution < 1.29 is 0 Å². The molecule has 2 rings (SSSR count). The fraction of sp³-hybridized carbons (Fsp3) is 0.429. The van der Waals surface area contributed by atoms with E-state index in [1.54, 1.807) is 0 Å². The summed E-state index contributed by atoms with van der Waals surface area (Å²) in [5.41, 5.74) is 2.11. The Bertz CT molecular complexity index is 375. The van der Waals surface area contributed by atoms with Crippen LogP contribution in [0.1, 0.15) is 31.7 Å². The minimum atomic E-state index is 0.623. The molecule has 1 aromatic carbocycles. The zero-order valence-corrected chi connectivity index (χ0v) is 9.16. The van der Waals surface area contributed by atoms with Crippen molar-refractivity contribution in [3.8, 4) is 12.3 Å². The van der Waals surface area contributed by atoms with Crippen molar-refractivity contribution in [1.29, 1.82) is 0 Å². The fourth-order valence-corrected chi connectivity index (χ4v) is 2.27. The van der Waals surface area contributed by atoms with Crippen LogP contribution >= 0.6 is 0 Å². The number of hydrogen-bond donors (Lipinski definition) is 1. The van der Waals surface area contributed by atoms with Crippen LogP contribution in [0, 0.1) is 18.3 Å². The summed E-state index contributed by atoms with van der Waals surface area (Å²) >= 11 is 0. The molecule has 1 aliphatic carbocycles. The number of nitrogens with one attached hydrogen (secondary N) is 1.